The number of rotatable bonds is 2. The molecule has 1 heterocycles. The Morgan fingerprint density at radius 3 is 2.50 bits per heavy atom. The molecule has 0 bridgehead atoms. The zero-order valence-corrected chi connectivity index (χ0v) is 9.82. The van der Waals surface area contributed by atoms with E-state index in [1.807, 2.05) is 17.6 Å². The van der Waals surface area contributed by atoms with Crippen LogP contribution in [0.5, 0.6) is 0 Å². The van der Waals surface area contributed by atoms with Gasteiger partial charge in [0, 0.05) is 11.7 Å². The van der Waals surface area contributed by atoms with Gasteiger partial charge in [0.25, 0.3) is 5.56 Å². The molecule has 0 spiro atoms. The predicted molar refractivity (Wildman–Crippen MR) is 62.9 cm³/mol. The van der Waals surface area contributed by atoms with E-state index in [9.17, 15) is 9.59 Å². The van der Waals surface area contributed by atoms with Gasteiger partial charge in [0.2, 0.25) is 0 Å². The van der Waals surface area contributed by atoms with Crippen LogP contribution < -0.4 is 5.56 Å². The molecule has 1 aromatic heterocycles. The van der Waals surface area contributed by atoms with Crippen LogP contribution in [0.3, 0.4) is 0 Å². The fraction of sp³-hybridized carbons (Fsp3) is 0.538. The third-order valence-electron chi connectivity index (χ3n) is 3.39. The second-order valence-corrected chi connectivity index (χ2v) is 4.56. The lowest BCUT2D eigenvalue weighted by atomic mass is 10.1. The summed E-state index contributed by atoms with van der Waals surface area (Å²) in [7, 11) is 0. The summed E-state index contributed by atoms with van der Waals surface area (Å²) >= 11 is 0. The number of ketones is 1. The van der Waals surface area contributed by atoms with E-state index in [4.69, 9.17) is 0 Å². The van der Waals surface area contributed by atoms with Gasteiger partial charge in [0.05, 0.1) is 5.56 Å². The maximum atomic E-state index is 12.2. The van der Waals surface area contributed by atoms with Gasteiger partial charge in [0.15, 0.2) is 5.78 Å². The highest BCUT2D eigenvalue weighted by molar-refractivity contribution is 5.93. The van der Waals surface area contributed by atoms with Crippen LogP contribution in [0.1, 0.15) is 54.7 Å². The first-order valence-corrected chi connectivity index (χ1v) is 5.84. The lowest BCUT2D eigenvalue weighted by Crippen LogP contribution is -2.29. The minimum absolute atomic E-state index is 0.112. The maximum absolute atomic E-state index is 12.2. The molecule has 3 heteroatoms. The molecule has 0 aromatic carbocycles. The highest BCUT2D eigenvalue weighted by atomic mass is 16.1. The summed E-state index contributed by atoms with van der Waals surface area (Å²) in [5.41, 5.74) is 1.17. The molecule has 16 heavy (non-hydrogen) atoms. The second-order valence-electron chi connectivity index (χ2n) is 4.56. The Labute approximate surface area is 95.1 Å². The number of nitrogens with zero attached hydrogens (tertiary/aromatic N) is 1. The van der Waals surface area contributed by atoms with Crippen LogP contribution in [0.25, 0.3) is 0 Å². The number of aryl methyl sites for hydroxylation is 1. The summed E-state index contributed by atoms with van der Waals surface area (Å²) in [5, 5.41) is 0. The molecule has 0 radical (unpaired) electrons. The van der Waals surface area contributed by atoms with Crippen LogP contribution in [-0.2, 0) is 0 Å². The number of hydrogen-bond donors (Lipinski definition) is 0. The Kier molecular flexibility index (Phi) is 2.95. The molecule has 1 aliphatic carbocycles. The minimum atomic E-state index is -0.142. The minimum Gasteiger partial charge on any atom is -0.309 e. The van der Waals surface area contributed by atoms with E-state index in [1.165, 1.54) is 19.8 Å². The smallest absolute Gasteiger partial charge is 0.261 e. The van der Waals surface area contributed by atoms with E-state index in [-0.39, 0.29) is 11.3 Å². The van der Waals surface area contributed by atoms with Crippen molar-refractivity contribution in [3.8, 4) is 0 Å². The van der Waals surface area contributed by atoms with Gasteiger partial charge in [-0.2, -0.15) is 0 Å². The van der Waals surface area contributed by atoms with Crippen LogP contribution in [0.4, 0.5) is 0 Å². The van der Waals surface area contributed by atoms with Crippen molar-refractivity contribution in [1.29, 1.82) is 0 Å². The van der Waals surface area contributed by atoms with E-state index >= 15 is 0 Å². The molecule has 86 valence electrons. The number of pyridine rings is 1. The Balaban J connectivity index is 2.54. The Hall–Kier alpha value is -1.38. The van der Waals surface area contributed by atoms with Gasteiger partial charge in [-0.15, -0.1) is 0 Å². The van der Waals surface area contributed by atoms with Crippen LogP contribution in [0.2, 0.25) is 0 Å². The average Bonchev–Trinajstić information content (AvgIpc) is 2.70. The molecular weight excluding hydrogens is 202 g/mol. The van der Waals surface area contributed by atoms with Crippen molar-refractivity contribution >= 4 is 5.78 Å². The summed E-state index contributed by atoms with van der Waals surface area (Å²) in [6.07, 6.45) is 4.48. The first-order valence-electron chi connectivity index (χ1n) is 5.84. The van der Waals surface area contributed by atoms with E-state index < -0.39 is 0 Å². The third-order valence-corrected chi connectivity index (χ3v) is 3.39. The fourth-order valence-corrected chi connectivity index (χ4v) is 2.53. The van der Waals surface area contributed by atoms with E-state index in [0.717, 1.165) is 18.5 Å². The highest BCUT2D eigenvalue weighted by Crippen LogP contribution is 2.29. The molecule has 3 nitrogen and oxygen atoms in total. The fourth-order valence-electron chi connectivity index (χ4n) is 2.53. The number of carbonyl (C=O) groups excluding carboxylic acids is 1. The molecule has 0 aliphatic heterocycles. The van der Waals surface area contributed by atoms with Gasteiger partial charge in [-0.1, -0.05) is 12.8 Å². The van der Waals surface area contributed by atoms with Crippen molar-refractivity contribution < 1.29 is 4.79 Å². The van der Waals surface area contributed by atoms with Gasteiger partial charge in [-0.3, -0.25) is 9.59 Å². The van der Waals surface area contributed by atoms with Gasteiger partial charge in [-0.05, 0) is 38.8 Å². The SMILES string of the molecule is CC(=O)c1ccc(C)n(C2CCCC2)c1=O. The van der Waals surface area contributed by atoms with Crippen LogP contribution in [0.15, 0.2) is 16.9 Å². The number of Topliss-reactive ketones (excluding diaryl/α,β-unsaturated/α-hetero) is 1. The Morgan fingerprint density at radius 2 is 1.94 bits per heavy atom. The lowest BCUT2D eigenvalue weighted by Gasteiger charge is -2.17. The molecule has 0 N–H and O–H groups in total. The molecule has 1 aromatic rings. The van der Waals surface area contributed by atoms with Crippen molar-refractivity contribution in [2.75, 3.05) is 0 Å². The summed E-state index contributed by atoms with van der Waals surface area (Å²) in [6, 6.07) is 3.81. The van der Waals surface area contributed by atoms with Crippen LogP contribution >= 0.6 is 0 Å². The molecule has 1 aliphatic rings. The molecule has 2 rings (SSSR count). The van der Waals surface area contributed by atoms with Gasteiger partial charge >= 0.3 is 0 Å². The molecule has 0 unspecified atom stereocenters. The average molecular weight is 219 g/mol. The summed E-state index contributed by atoms with van der Waals surface area (Å²) in [4.78, 5) is 23.5. The number of carbonyl (C=O) groups is 1. The quantitative estimate of drug-likeness (QED) is 0.717. The molecule has 0 atom stereocenters. The molecule has 1 fully saturated rings. The van der Waals surface area contributed by atoms with Crippen molar-refractivity contribution in [3.63, 3.8) is 0 Å². The van der Waals surface area contributed by atoms with Gasteiger partial charge < -0.3 is 4.57 Å². The summed E-state index contributed by atoms with van der Waals surface area (Å²) < 4.78 is 1.81. The first kappa shape index (κ1) is 11.1. The first-order chi connectivity index (χ1) is 7.61. The normalized spacial score (nSPS) is 16.6. The Morgan fingerprint density at radius 1 is 1.31 bits per heavy atom. The predicted octanol–water partition coefficient (Wildman–Crippen LogP) is 2.47. The standard InChI is InChI=1S/C13H17NO2/c1-9-7-8-12(10(2)15)13(16)14(9)11-5-3-4-6-11/h7-8,11H,3-6H2,1-2H3. The zero-order chi connectivity index (χ0) is 11.7. The summed E-state index contributed by atoms with van der Waals surface area (Å²) in [5.74, 6) is -0.142. The third kappa shape index (κ3) is 1.82. The molecular formula is C13H17NO2. The van der Waals surface area contributed by atoms with Crippen LogP contribution in [0, 0.1) is 6.92 Å². The van der Waals surface area contributed by atoms with Gasteiger partial charge in [-0.25, -0.2) is 0 Å². The topological polar surface area (TPSA) is 39.1 Å². The van der Waals surface area contributed by atoms with E-state index in [2.05, 4.69) is 0 Å². The largest absolute Gasteiger partial charge is 0.309 e. The maximum Gasteiger partial charge on any atom is 0.261 e. The molecule has 1 saturated carbocycles. The van der Waals surface area contributed by atoms with Crippen molar-refractivity contribution in [2.24, 2.45) is 0 Å². The molecule has 0 saturated heterocycles. The number of hydrogen-bond acceptors (Lipinski definition) is 2. The monoisotopic (exact) mass is 219 g/mol. The van der Waals surface area contributed by atoms with E-state index in [1.54, 1.807) is 6.07 Å². The highest BCUT2D eigenvalue weighted by Gasteiger charge is 2.21. The van der Waals surface area contributed by atoms with Crippen LogP contribution in [-0.4, -0.2) is 10.4 Å². The van der Waals surface area contributed by atoms with E-state index in [0.29, 0.717) is 11.6 Å². The van der Waals surface area contributed by atoms with Crippen molar-refractivity contribution in [3.05, 3.63) is 33.7 Å². The van der Waals surface area contributed by atoms with Crippen molar-refractivity contribution in [2.45, 2.75) is 45.6 Å². The molecule has 0 amide bonds. The zero-order valence-electron chi connectivity index (χ0n) is 9.82. The second kappa shape index (κ2) is 4.24. The summed E-state index contributed by atoms with van der Waals surface area (Å²) in [6.45, 7) is 3.38. The lowest BCUT2D eigenvalue weighted by molar-refractivity contribution is 0.101. The Bertz CT molecular complexity index is 467. The van der Waals surface area contributed by atoms with Crippen molar-refractivity contribution in [1.82, 2.24) is 4.57 Å². The van der Waals surface area contributed by atoms with Gasteiger partial charge in [0.1, 0.15) is 0 Å². The number of aromatic nitrogens is 1.